The molecule has 3 rings (SSSR count). The van der Waals surface area contributed by atoms with Crippen molar-refractivity contribution in [2.75, 3.05) is 13.2 Å². The minimum Gasteiger partial charge on any atom is -0.710 e. The van der Waals surface area contributed by atoms with Gasteiger partial charge in [-0.15, -0.1) is 0 Å². The number of ether oxygens (including phenoxy) is 1. The van der Waals surface area contributed by atoms with E-state index in [4.69, 9.17) is 9.57 Å². The topological polar surface area (TPSA) is 67.4 Å². The number of benzene rings is 2. The van der Waals surface area contributed by atoms with Crippen molar-refractivity contribution >= 4 is 29.2 Å². The van der Waals surface area contributed by atoms with Gasteiger partial charge in [-0.2, -0.15) is 0 Å². The Hall–Kier alpha value is -3.28. The van der Waals surface area contributed by atoms with Crippen molar-refractivity contribution in [3.05, 3.63) is 70.7 Å². The third-order valence-electron chi connectivity index (χ3n) is 3.91. The lowest BCUT2D eigenvalue weighted by molar-refractivity contribution is -0.587. The molecule has 0 atom stereocenters. The van der Waals surface area contributed by atoms with Crippen LogP contribution in [-0.2, 0) is 9.53 Å². The van der Waals surface area contributed by atoms with E-state index in [1.165, 1.54) is 4.73 Å². The maximum atomic E-state index is 12.4. The van der Waals surface area contributed by atoms with Crippen molar-refractivity contribution in [1.82, 2.24) is 4.73 Å². The number of carbonyl (C=O) groups is 1. The van der Waals surface area contributed by atoms with Crippen molar-refractivity contribution in [2.45, 2.75) is 13.8 Å². The third kappa shape index (κ3) is 3.69. The van der Waals surface area contributed by atoms with E-state index in [0.717, 1.165) is 15.9 Å². The molecule has 0 saturated carbocycles. The highest BCUT2D eigenvalue weighted by atomic mass is 16.7. The molecule has 0 aliphatic heterocycles. The van der Waals surface area contributed by atoms with E-state index in [1.54, 1.807) is 26.0 Å². The van der Waals surface area contributed by atoms with Crippen LogP contribution in [0.25, 0.3) is 23.2 Å². The molecular weight excluding hydrogens is 332 g/mol. The lowest BCUT2D eigenvalue weighted by atomic mass is 10.1. The standard InChI is InChI=1S/C20H20N2O4/c1-3-25-20(23)14-26-22-15(2)21(24)19-13-17(11-12-18(19)22)10-9-16-7-5-4-6-8-16/h4-13H,3,14H2,1-2H3/b10-9+. The molecule has 2 aromatic carbocycles. The number of nitrogens with zero attached hydrogens (tertiary/aromatic N) is 2. The fraction of sp³-hybridized carbons (Fsp3) is 0.200. The SMILES string of the molecule is CCOC(=O)COn1c(C)[n+]([O-])c2cc(/C=C/c3ccccc3)ccc21. The number of imidazole rings is 1. The average Bonchev–Trinajstić information content (AvgIpc) is 2.90. The monoisotopic (exact) mass is 352 g/mol. The van der Waals surface area contributed by atoms with E-state index in [2.05, 4.69) is 0 Å². The Bertz CT molecular complexity index is 945. The fourth-order valence-electron chi connectivity index (χ4n) is 2.65. The number of hydrogen-bond donors (Lipinski definition) is 0. The smallest absolute Gasteiger partial charge is 0.349 e. The Labute approximate surface area is 151 Å². The van der Waals surface area contributed by atoms with E-state index in [9.17, 15) is 10.0 Å². The van der Waals surface area contributed by atoms with E-state index >= 15 is 0 Å². The van der Waals surface area contributed by atoms with Gasteiger partial charge in [0.25, 0.3) is 5.82 Å². The van der Waals surface area contributed by atoms with E-state index in [-0.39, 0.29) is 13.2 Å². The van der Waals surface area contributed by atoms with Crippen LogP contribution in [0.1, 0.15) is 23.9 Å². The van der Waals surface area contributed by atoms with Crippen LogP contribution < -0.4 is 9.57 Å². The van der Waals surface area contributed by atoms with Crippen LogP contribution in [0.4, 0.5) is 0 Å². The summed E-state index contributed by atoms with van der Waals surface area (Å²) in [5.41, 5.74) is 3.04. The minimum absolute atomic E-state index is 0.256. The number of hydrogen-bond acceptors (Lipinski definition) is 4. The van der Waals surface area contributed by atoms with Gasteiger partial charge in [-0.1, -0.05) is 48.6 Å². The Morgan fingerprint density at radius 2 is 1.88 bits per heavy atom. The summed E-state index contributed by atoms with van der Waals surface area (Å²) in [5.74, 6) is -0.137. The molecule has 0 N–H and O–H groups in total. The van der Waals surface area contributed by atoms with Crippen molar-refractivity contribution in [2.24, 2.45) is 0 Å². The average molecular weight is 352 g/mol. The van der Waals surface area contributed by atoms with Crippen LogP contribution in [0, 0.1) is 12.1 Å². The Morgan fingerprint density at radius 3 is 2.62 bits per heavy atom. The van der Waals surface area contributed by atoms with Crippen LogP contribution in [0.5, 0.6) is 0 Å². The molecule has 0 aliphatic rings. The second-order valence-electron chi connectivity index (χ2n) is 5.71. The van der Waals surface area contributed by atoms with Gasteiger partial charge in [-0.25, -0.2) is 9.52 Å². The summed E-state index contributed by atoms with van der Waals surface area (Å²) >= 11 is 0. The van der Waals surface area contributed by atoms with Gasteiger partial charge in [-0.05, 0) is 34.9 Å². The Balaban J connectivity index is 1.87. The van der Waals surface area contributed by atoms with Gasteiger partial charge < -0.3 is 14.8 Å². The zero-order valence-electron chi connectivity index (χ0n) is 14.7. The summed E-state index contributed by atoms with van der Waals surface area (Å²) < 4.78 is 7.00. The first kappa shape index (κ1) is 17.5. The molecule has 6 heteroatoms. The van der Waals surface area contributed by atoms with Crippen LogP contribution in [-0.4, -0.2) is 23.9 Å². The first-order valence-corrected chi connectivity index (χ1v) is 8.37. The van der Waals surface area contributed by atoms with Gasteiger partial charge in [0.05, 0.1) is 6.61 Å². The second-order valence-corrected chi connectivity index (χ2v) is 5.71. The quantitative estimate of drug-likeness (QED) is 0.296. The lowest BCUT2D eigenvalue weighted by Crippen LogP contribution is -2.31. The van der Waals surface area contributed by atoms with Crippen molar-refractivity contribution in [1.29, 1.82) is 0 Å². The van der Waals surface area contributed by atoms with Crippen molar-refractivity contribution in [3.8, 4) is 0 Å². The summed E-state index contributed by atoms with van der Waals surface area (Å²) in [6.07, 6.45) is 3.93. The third-order valence-corrected chi connectivity index (χ3v) is 3.91. The predicted molar refractivity (Wildman–Crippen MR) is 99.1 cm³/mol. The van der Waals surface area contributed by atoms with Gasteiger partial charge in [0.1, 0.15) is 0 Å². The molecule has 0 radical (unpaired) electrons. The first-order valence-electron chi connectivity index (χ1n) is 8.37. The van der Waals surface area contributed by atoms with Crippen molar-refractivity contribution < 1.29 is 19.1 Å². The molecule has 0 fully saturated rings. The van der Waals surface area contributed by atoms with Gasteiger partial charge in [-0.3, -0.25) is 0 Å². The lowest BCUT2D eigenvalue weighted by Gasteiger charge is -2.03. The summed E-state index contributed by atoms with van der Waals surface area (Å²) in [6, 6.07) is 15.4. The number of rotatable bonds is 6. The van der Waals surface area contributed by atoms with Crippen LogP contribution in [0.15, 0.2) is 48.5 Å². The van der Waals surface area contributed by atoms with Gasteiger partial charge >= 0.3 is 5.97 Å². The summed E-state index contributed by atoms with van der Waals surface area (Å²) in [5, 5.41) is 12.4. The summed E-state index contributed by atoms with van der Waals surface area (Å²) in [6.45, 7) is 3.39. The maximum absolute atomic E-state index is 12.4. The first-order chi connectivity index (χ1) is 12.6. The normalized spacial score (nSPS) is 11.2. The highest BCUT2D eigenvalue weighted by Crippen LogP contribution is 2.17. The van der Waals surface area contributed by atoms with Gasteiger partial charge in [0.15, 0.2) is 5.52 Å². The maximum Gasteiger partial charge on any atom is 0.349 e. The molecule has 1 heterocycles. The molecule has 0 bridgehead atoms. The molecule has 1 aromatic heterocycles. The van der Waals surface area contributed by atoms with Crippen molar-refractivity contribution in [3.63, 3.8) is 0 Å². The molecule has 3 aromatic rings. The van der Waals surface area contributed by atoms with Crippen LogP contribution in [0.3, 0.4) is 0 Å². The number of aromatic nitrogens is 2. The molecular formula is C20H20N2O4. The zero-order valence-corrected chi connectivity index (χ0v) is 14.7. The molecule has 26 heavy (non-hydrogen) atoms. The molecule has 6 nitrogen and oxygen atoms in total. The molecule has 0 amide bonds. The zero-order chi connectivity index (χ0) is 18.5. The van der Waals surface area contributed by atoms with E-state index in [0.29, 0.717) is 16.9 Å². The summed E-state index contributed by atoms with van der Waals surface area (Å²) in [4.78, 5) is 16.9. The molecule has 0 aliphatic carbocycles. The Kier molecular flexibility index (Phi) is 5.22. The minimum atomic E-state index is -0.478. The predicted octanol–water partition coefficient (Wildman–Crippen LogP) is 2.75. The number of fused-ring (bicyclic) bond motifs is 1. The number of carbonyl (C=O) groups excluding carboxylic acids is 1. The molecule has 134 valence electrons. The van der Waals surface area contributed by atoms with Gasteiger partial charge in [0.2, 0.25) is 12.1 Å². The molecule has 0 spiro atoms. The summed E-state index contributed by atoms with van der Waals surface area (Å²) in [7, 11) is 0. The number of esters is 1. The van der Waals surface area contributed by atoms with E-state index < -0.39 is 5.97 Å². The fourth-order valence-corrected chi connectivity index (χ4v) is 2.65. The molecule has 0 saturated heterocycles. The molecule has 0 unspecified atom stereocenters. The second kappa shape index (κ2) is 7.74. The van der Waals surface area contributed by atoms with Gasteiger partial charge in [0, 0.05) is 6.92 Å². The van der Waals surface area contributed by atoms with Crippen LogP contribution >= 0.6 is 0 Å². The largest absolute Gasteiger partial charge is 0.710 e. The van der Waals surface area contributed by atoms with Crippen LogP contribution in [0.2, 0.25) is 0 Å². The Morgan fingerprint density at radius 1 is 1.15 bits per heavy atom. The van der Waals surface area contributed by atoms with E-state index in [1.807, 2.05) is 48.6 Å². The highest BCUT2D eigenvalue weighted by Gasteiger charge is 2.20. The highest BCUT2D eigenvalue weighted by molar-refractivity contribution is 5.79.